The molecule has 0 saturated heterocycles. The van der Waals surface area contributed by atoms with Crippen LogP contribution in [0.4, 0.5) is 0 Å². The zero-order valence-electron chi connectivity index (χ0n) is 52.2. The Hall–Kier alpha value is -2.03. The number of phosphoric ester groups is 1. The molecule has 0 aromatic heterocycles. The molecular formula is C68H129NO8P+. The lowest BCUT2D eigenvalue weighted by molar-refractivity contribution is -0.870. The summed E-state index contributed by atoms with van der Waals surface area (Å²) in [7, 11) is 1.49. The monoisotopic (exact) mass is 1120 g/mol. The van der Waals surface area contributed by atoms with E-state index in [4.69, 9.17) is 18.5 Å². The molecule has 0 rings (SSSR count). The first kappa shape index (κ1) is 76.0. The second-order valence-electron chi connectivity index (χ2n) is 23.8. The fraction of sp³-hybridized carbons (Fsp3) is 0.853. The van der Waals surface area contributed by atoms with Gasteiger partial charge in [-0.25, -0.2) is 4.57 Å². The number of ether oxygens (including phenoxy) is 2. The van der Waals surface area contributed by atoms with Gasteiger partial charge in [-0.15, -0.1) is 0 Å². The molecule has 0 saturated carbocycles. The van der Waals surface area contributed by atoms with Gasteiger partial charge in [0.1, 0.15) is 19.8 Å². The summed E-state index contributed by atoms with van der Waals surface area (Å²) in [5.41, 5.74) is 0. The highest BCUT2D eigenvalue weighted by molar-refractivity contribution is 7.47. The van der Waals surface area contributed by atoms with Crippen molar-refractivity contribution in [2.24, 2.45) is 0 Å². The highest BCUT2D eigenvalue weighted by Gasteiger charge is 2.27. The maximum Gasteiger partial charge on any atom is 0.472 e. The molecule has 0 aliphatic heterocycles. The molecule has 458 valence electrons. The first-order chi connectivity index (χ1) is 38.0. The van der Waals surface area contributed by atoms with Crippen molar-refractivity contribution in [1.82, 2.24) is 0 Å². The molecule has 0 bridgehead atoms. The Kier molecular flexibility index (Phi) is 58.0. The average molecular weight is 1120 g/mol. The van der Waals surface area contributed by atoms with Crippen LogP contribution in [0.15, 0.2) is 48.6 Å². The van der Waals surface area contributed by atoms with Crippen molar-refractivity contribution in [2.75, 3.05) is 47.5 Å². The normalized spacial score (nSPS) is 13.5. The quantitative estimate of drug-likeness (QED) is 0.0211. The molecule has 0 fully saturated rings. The van der Waals surface area contributed by atoms with E-state index in [1.165, 1.54) is 231 Å². The van der Waals surface area contributed by atoms with Gasteiger partial charge in [0.05, 0.1) is 27.7 Å². The number of likely N-dealkylation sites (N-methyl/N-ethyl adjacent to an activating group) is 1. The number of hydrogen-bond donors (Lipinski definition) is 1. The van der Waals surface area contributed by atoms with E-state index in [1.807, 2.05) is 21.1 Å². The molecule has 2 atom stereocenters. The summed E-state index contributed by atoms with van der Waals surface area (Å²) in [4.78, 5) is 35.8. The van der Waals surface area contributed by atoms with Gasteiger partial charge in [-0.1, -0.05) is 306 Å². The van der Waals surface area contributed by atoms with Crippen LogP contribution >= 0.6 is 7.82 Å². The van der Waals surface area contributed by atoms with Crippen LogP contribution in [0.25, 0.3) is 0 Å². The summed E-state index contributed by atoms with van der Waals surface area (Å²) in [6, 6.07) is 0. The molecule has 78 heavy (non-hydrogen) atoms. The van der Waals surface area contributed by atoms with E-state index in [2.05, 4.69) is 62.5 Å². The van der Waals surface area contributed by atoms with Crippen molar-refractivity contribution in [2.45, 2.75) is 328 Å². The van der Waals surface area contributed by atoms with E-state index >= 15 is 0 Å². The number of hydrogen-bond acceptors (Lipinski definition) is 7. The molecule has 1 N–H and O–H groups in total. The number of esters is 2. The summed E-state index contributed by atoms with van der Waals surface area (Å²) in [5.74, 6) is -0.778. The van der Waals surface area contributed by atoms with Crippen LogP contribution in [0.1, 0.15) is 322 Å². The lowest BCUT2D eigenvalue weighted by atomic mass is 10.0. The van der Waals surface area contributed by atoms with E-state index in [1.54, 1.807) is 0 Å². The topological polar surface area (TPSA) is 108 Å². The number of quaternary nitrogens is 1. The Balaban J connectivity index is 4.02. The van der Waals surface area contributed by atoms with Crippen molar-refractivity contribution >= 4 is 19.8 Å². The Morgan fingerprint density at radius 1 is 0.410 bits per heavy atom. The fourth-order valence-electron chi connectivity index (χ4n) is 9.78. The number of unbranched alkanes of at least 4 members (excludes halogenated alkanes) is 40. The Labute approximate surface area is 484 Å². The summed E-state index contributed by atoms with van der Waals surface area (Å²) >= 11 is 0. The van der Waals surface area contributed by atoms with E-state index in [0.29, 0.717) is 23.9 Å². The molecule has 0 amide bonds. The van der Waals surface area contributed by atoms with Crippen molar-refractivity contribution < 1.29 is 42.1 Å². The predicted octanol–water partition coefficient (Wildman–Crippen LogP) is 21.3. The third kappa shape index (κ3) is 63.2. The first-order valence-electron chi connectivity index (χ1n) is 33.4. The number of allylic oxidation sites excluding steroid dienone is 8. The predicted molar refractivity (Wildman–Crippen MR) is 335 cm³/mol. The van der Waals surface area contributed by atoms with E-state index in [0.717, 1.165) is 57.8 Å². The molecule has 0 aromatic carbocycles. The maximum absolute atomic E-state index is 12.9. The van der Waals surface area contributed by atoms with Crippen LogP contribution in [0.2, 0.25) is 0 Å². The minimum atomic E-state index is -4.39. The van der Waals surface area contributed by atoms with Crippen LogP contribution in [0.5, 0.6) is 0 Å². The van der Waals surface area contributed by atoms with Gasteiger partial charge in [-0.3, -0.25) is 18.6 Å². The third-order valence-electron chi connectivity index (χ3n) is 14.9. The standard InChI is InChI=1S/C68H128NO8P/c1-6-8-10-12-14-16-18-20-22-24-26-28-30-31-32-33-34-35-36-37-39-41-43-45-47-49-51-53-55-57-59-61-68(71)77-66(65-76-78(72,73)75-63-62-69(3,4)5)64-74-67(70)60-58-56-54-52-50-48-46-44-42-40-38-29-27-25-23-21-19-17-15-13-11-9-7-2/h8,10,14,16,20,22,26,28,66H,6-7,9,11-13,15,17-19,21,23-25,27,29-65H2,1-5H3/p+1/b10-8-,16-14-,22-20-,28-26-. The molecule has 0 aliphatic rings. The van der Waals surface area contributed by atoms with Crippen LogP contribution in [-0.4, -0.2) is 74.9 Å². The number of rotatable bonds is 62. The maximum atomic E-state index is 12.9. The third-order valence-corrected chi connectivity index (χ3v) is 15.9. The van der Waals surface area contributed by atoms with E-state index in [9.17, 15) is 19.0 Å². The minimum absolute atomic E-state index is 0.0341. The van der Waals surface area contributed by atoms with Crippen molar-refractivity contribution in [1.29, 1.82) is 0 Å². The summed E-state index contributed by atoms with van der Waals surface area (Å²) < 4.78 is 34.7. The average Bonchev–Trinajstić information content (AvgIpc) is 3.40. The highest BCUT2D eigenvalue weighted by Crippen LogP contribution is 2.43. The zero-order chi connectivity index (χ0) is 57.0. The lowest BCUT2D eigenvalue weighted by Gasteiger charge is -2.24. The number of nitrogens with zero attached hydrogens (tertiary/aromatic N) is 1. The van der Waals surface area contributed by atoms with Crippen molar-refractivity contribution in [3.05, 3.63) is 48.6 Å². The Morgan fingerprint density at radius 2 is 0.731 bits per heavy atom. The van der Waals surface area contributed by atoms with Crippen LogP contribution in [0, 0.1) is 0 Å². The van der Waals surface area contributed by atoms with Crippen LogP contribution in [0.3, 0.4) is 0 Å². The summed E-state index contributed by atoms with van der Waals surface area (Å²) in [6.45, 7) is 4.38. The van der Waals surface area contributed by atoms with Crippen LogP contribution in [-0.2, 0) is 32.7 Å². The highest BCUT2D eigenvalue weighted by atomic mass is 31.2. The molecule has 0 radical (unpaired) electrons. The molecule has 0 aromatic rings. The lowest BCUT2D eigenvalue weighted by Crippen LogP contribution is -2.37. The Bertz CT molecular complexity index is 1460. The van der Waals surface area contributed by atoms with Crippen LogP contribution < -0.4 is 0 Å². The first-order valence-corrected chi connectivity index (χ1v) is 34.9. The van der Waals surface area contributed by atoms with Gasteiger partial charge in [-0.2, -0.15) is 0 Å². The zero-order valence-corrected chi connectivity index (χ0v) is 53.1. The second kappa shape index (κ2) is 59.6. The molecule has 10 heteroatoms. The molecule has 0 heterocycles. The molecule has 0 spiro atoms. The second-order valence-corrected chi connectivity index (χ2v) is 25.3. The van der Waals surface area contributed by atoms with Crippen molar-refractivity contribution in [3.63, 3.8) is 0 Å². The van der Waals surface area contributed by atoms with Gasteiger partial charge in [0, 0.05) is 12.8 Å². The van der Waals surface area contributed by atoms with Gasteiger partial charge in [0.15, 0.2) is 6.10 Å². The van der Waals surface area contributed by atoms with Gasteiger partial charge < -0.3 is 18.9 Å². The summed E-state index contributed by atoms with van der Waals surface area (Å²) in [6.07, 6.45) is 76.3. The smallest absolute Gasteiger partial charge is 0.462 e. The fourth-order valence-corrected chi connectivity index (χ4v) is 10.5. The number of carbonyl (C=O) groups is 2. The molecular weight excluding hydrogens is 990 g/mol. The number of phosphoric acid groups is 1. The van der Waals surface area contributed by atoms with Gasteiger partial charge in [0.25, 0.3) is 0 Å². The molecule has 2 unspecified atom stereocenters. The SMILES string of the molecule is CC/C=C\C/C=C\C/C=C\C/C=C\CCCCCCCCCCCCCCCCCCCCC(=O)OC(COC(=O)CCCCCCCCCCCCCCCCCCCCCCCCC)COP(=O)(O)OCC[N+](C)(C)C. The molecule has 0 aliphatic carbocycles. The van der Waals surface area contributed by atoms with Gasteiger partial charge in [0.2, 0.25) is 0 Å². The summed E-state index contributed by atoms with van der Waals surface area (Å²) in [5, 5.41) is 0. The Morgan fingerprint density at radius 3 is 1.09 bits per heavy atom. The van der Waals surface area contributed by atoms with Crippen molar-refractivity contribution in [3.8, 4) is 0 Å². The van der Waals surface area contributed by atoms with E-state index in [-0.39, 0.29) is 25.6 Å². The van der Waals surface area contributed by atoms with Gasteiger partial charge >= 0.3 is 19.8 Å². The molecule has 9 nitrogen and oxygen atoms in total. The minimum Gasteiger partial charge on any atom is -0.462 e. The number of carbonyl (C=O) groups excluding carboxylic acids is 2. The van der Waals surface area contributed by atoms with E-state index < -0.39 is 26.5 Å². The largest absolute Gasteiger partial charge is 0.472 e. The van der Waals surface area contributed by atoms with Gasteiger partial charge in [-0.05, 0) is 51.4 Å².